The van der Waals surface area contributed by atoms with Crippen molar-refractivity contribution in [3.8, 4) is 0 Å². The van der Waals surface area contributed by atoms with Crippen LogP contribution in [0, 0.1) is 11.3 Å². The molecular formula is C20H29NO3. The van der Waals surface area contributed by atoms with Crippen LogP contribution in [-0.2, 0) is 20.7 Å². The summed E-state index contributed by atoms with van der Waals surface area (Å²) < 4.78 is 11.1. The van der Waals surface area contributed by atoms with Crippen molar-refractivity contribution in [1.82, 2.24) is 4.90 Å². The van der Waals surface area contributed by atoms with E-state index in [9.17, 15) is 4.79 Å². The summed E-state index contributed by atoms with van der Waals surface area (Å²) in [6, 6.07) is 10.3. The van der Waals surface area contributed by atoms with Crippen LogP contribution in [0.3, 0.4) is 0 Å². The van der Waals surface area contributed by atoms with Gasteiger partial charge in [-0.05, 0) is 36.7 Å². The van der Waals surface area contributed by atoms with E-state index < -0.39 is 0 Å². The first-order valence-corrected chi connectivity index (χ1v) is 9.12. The number of rotatable bonds is 5. The third-order valence-corrected chi connectivity index (χ3v) is 5.88. The summed E-state index contributed by atoms with van der Waals surface area (Å²) in [5, 5.41) is 0. The molecule has 0 N–H and O–H groups in total. The highest BCUT2D eigenvalue weighted by Gasteiger charge is 2.43. The Morgan fingerprint density at radius 3 is 2.71 bits per heavy atom. The number of methoxy groups -OCH3 is 1. The zero-order valence-electron chi connectivity index (χ0n) is 14.7. The number of nitrogens with zero attached hydrogens (tertiary/aromatic N) is 1. The number of piperidine rings is 1. The Morgan fingerprint density at radius 2 is 2.00 bits per heavy atom. The van der Waals surface area contributed by atoms with Crippen LogP contribution >= 0.6 is 0 Å². The summed E-state index contributed by atoms with van der Waals surface area (Å²) in [5.41, 5.74) is 1.55. The molecule has 1 aromatic carbocycles. The Kier molecular flexibility index (Phi) is 5.90. The zero-order valence-corrected chi connectivity index (χ0v) is 14.7. The smallest absolute Gasteiger partial charge is 0.222 e. The first kappa shape index (κ1) is 17.4. The van der Waals surface area contributed by atoms with Gasteiger partial charge < -0.3 is 14.4 Å². The molecule has 0 bridgehead atoms. The molecule has 4 heteroatoms. The maximum atomic E-state index is 12.5. The molecule has 0 aliphatic carbocycles. The fourth-order valence-electron chi connectivity index (χ4n) is 4.22. The predicted molar refractivity (Wildman–Crippen MR) is 93.8 cm³/mol. The van der Waals surface area contributed by atoms with Gasteiger partial charge in [-0.25, -0.2) is 0 Å². The van der Waals surface area contributed by atoms with Gasteiger partial charge in [-0.15, -0.1) is 0 Å². The number of amides is 1. The van der Waals surface area contributed by atoms with Crippen molar-refractivity contribution in [2.75, 3.05) is 40.0 Å². The van der Waals surface area contributed by atoms with Crippen molar-refractivity contribution < 1.29 is 14.3 Å². The molecule has 24 heavy (non-hydrogen) atoms. The van der Waals surface area contributed by atoms with Crippen molar-refractivity contribution in [3.63, 3.8) is 0 Å². The first-order valence-electron chi connectivity index (χ1n) is 9.12. The van der Waals surface area contributed by atoms with Crippen molar-refractivity contribution in [2.45, 2.75) is 32.1 Å². The van der Waals surface area contributed by atoms with Gasteiger partial charge in [0.15, 0.2) is 0 Å². The molecule has 1 amide bonds. The van der Waals surface area contributed by atoms with Crippen LogP contribution in [0.25, 0.3) is 0 Å². The number of hydrogen-bond donors (Lipinski definition) is 0. The normalized spacial score (nSPS) is 23.4. The van der Waals surface area contributed by atoms with E-state index in [2.05, 4.69) is 17.0 Å². The Balaban J connectivity index is 1.51. The van der Waals surface area contributed by atoms with Gasteiger partial charge in [0.05, 0.1) is 13.2 Å². The van der Waals surface area contributed by atoms with Crippen molar-refractivity contribution in [3.05, 3.63) is 35.9 Å². The summed E-state index contributed by atoms with van der Waals surface area (Å²) in [7, 11) is 1.77. The van der Waals surface area contributed by atoms with Crippen LogP contribution in [0.2, 0.25) is 0 Å². The Labute approximate surface area is 145 Å². The number of hydrogen-bond acceptors (Lipinski definition) is 3. The summed E-state index contributed by atoms with van der Waals surface area (Å²) in [6.45, 7) is 4.18. The second kappa shape index (κ2) is 8.13. The third kappa shape index (κ3) is 3.98. The Morgan fingerprint density at radius 1 is 1.25 bits per heavy atom. The lowest BCUT2D eigenvalue weighted by atomic mass is 9.66. The standard InChI is InChI=1S/C20H29NO3/c1-23-15-18-16-24-14-11-20(18)9-12-21(13-10-20)19(22)8-7-17-5-3-2-4-6-17/h2-6,18H,7-16H2,1H3/t18-/m0/s1. The van der Waals surface area contributed by atoms with E-state index in [1.807, 2.05) is 18.2 Å². The van der Waals surface area contributed by atoms with Crippen LogP contribution < -0.4 is 0 Å². The average Bonchev–Trinajstić information content (AvgIpc) is 2.63. The molecule has 4 nitrogen and oxygen atoms in total. The maximum absolute atomic E-state index is 12.5. The number of likely N-dealkylation sites (tertiary alicyclic amines) is 1. The molecule has 2 aliphatic rings. The minimum absolute atomic E-state index is 0.295. The highest BCUT2D eigenvalue weighted by molar-refractivity contribution is 5.76. The van der Waals surface area contributed by atoms with Gasteiger partial charge in [-0.2, -0.15) is 0 Å². The van der Waals surface area contributed by atoms with Crippen molar-refractivity contribution in [1.29, 1.82) is 0 Å². The molecule has 3 rings (SSSR count). The molecule has 0 unspecified atom stereocenters. The first-order chi connectivity index (χ1) is 11.7. The molecule has 1 atom stereocenters. The second-order valence-corrected chi connectivity index (χ2v) is 7.21. The molecule has 1 spiro atoms. The number of carbonyl (C=O) groups is 1. The van der Waals surface area contributed by atoms with Crippen LogP contribution in [0.15, 0.2) is 30.3 Å². The fraction of sp³-hybridized carbons (Fsp3) is 0.650. The van der Waals surface area contributed by atoms with Crippen molar-refractivity contribution in [2.24, 2.45) is 11.3 Å². The van der Waals surface area contributed by atoms with E-state index >= 15 is 0 Å². The van der Waals surface area contributed by atoms with Gasteiger partial charge in [0.25, 0.3) is 0 Å². The molecule has 0 aromatic heterocycles. The molecule has 132 valence electrons. The van der Waals surface area contributed by atoms with E-state index in [-0.39, 0.29) is 0 Å². The second-order valence-electron chi connectivity index (χ2n) is 7.21. The van der Waals surface area contributed by atoms with E-state index in [0.29, 0.717) is 23.7 Å². The minimum atomic E-state index is 0.295. The SMILES string of the molecule is COC[C@H]1COCCC12CCN(C(=O)CCc1ccccc1)CC2. The summed E-state index contributed by atoms with van der Waals surface area (Å²) in [4.78, 5) is 14.6. The van der Waals surface area contributed by atoms with Crippen LogP contribution in [0.4, 0.5) is 0 Å². The van der Waals surface area contributed by atoms with Gasteiger partial charge in [0, 0.05) is 39.1 Å². The number of ether oxygens (including phenoxy) is 2. The molecule has 2 heterocycles. The minimum Gasteiger partial charge on any atom is -0.384 e. The molecule has 2 saturated heterocycles. The summed E-state index contributed by atoms with van der Waals surface area (Å²) in [5.74, 6) is 0.766. The zero-order chi connectivity index (χ0) is 16.8. The quantitative estimate of drug-likeness (QED) is 0.833. The van der Waals surface area contributed by atoms with Crippen LogP contribution in [0.1, 0.15) is 31.2 Å². The third-order valence-electron chi connectivity index (χ3n) is 5.88. The lowest BCUT2D eigenvalue weighted by Crippen LogP contribution is -2.50. The lowest BCUT2D eigenvalue weighted by Gasteiger charge is -2.49. The lowest BCUT2D eigenvalue weighted by molar-refractivity contribution is -0.138. The number of carbonyl (C=O) groups excluding carboxylic acids is 1. The highest BCUT2D eigenvalue weighted by Crippen LogP contribution is 2.44. The van der Waals surface area contributed by atoms with Gasteiger partial charge in [-0.1, -0.05) is 30.3 Å². The van der Waals surface area contributed by atoms with Gasteiger partial charge in [0.1, 0.15) is 0 Å². The van der Waals surface area contributed by atoms with Gasteiger partial charge in [-0.3, -0.25) is 4.79 Å². The Hall–Kier alpha value is -1.39. The molecule has 1 aromatic rings. The predicted octanol–water partition coefficient (Wildman–Crippen LogP) is 2.91. The van der Waals surface area contributed by atoms with Gasteiger partial charge in [0.2, 0.25) is 5.91 Å². The average molecular weight is 331 g/mol. The fourth-order valence-corrected chi connectivity index (χ4v) is 4.22. The highest BCUT2D eigenvalue weighted by atomic mass is 16.5. The van der Waals surface area contributed by atoms with E-state index in [4.69, 9.17) is 9.47 Å². The van der Waals surface area contributed by atoms with Crippen molar-refractivity contribution >= 4 is 5.91 Å². The topological polar surface area (TPSA) is 38.8 Å². The summed E-state index contributed by atoms with van der Waals surface area (Å²) >= 11 is 0. The molecule has 2 fully saturated rings. The van der Waals surface area contributed by atoms with E-state index in [0.717, 1.165) is 58.6 Å². The number of benzene rings is 1. The molecular weight excluding hydrogens is 302 g/mol. The summed E-state index contributed by atoms with van der Waals surface area (Å²) in [6.07, 6.45) is 4.72. The maximum Gasteiger partial charge on any atom is 0.222 e. The van der Waals surface area contributed by atoms with Crippen LogP contribution in [-0.4, -0.2) is 50.8 Å². The molecule has 0 saturated carbocycles. The van der Waals surface area contributed by atoms with E-state index in [1.165, 1.54) is 5.56 Å². The largest absolute Gasteiger partial charge is 0.384 e. The number of aryl methyl sites for hydroxylation is 1. The van der Waals surface area contributed by atoms with Gasteiger partial charge >= 0.3 is 0 Å². The molecule has 2 aliphatic heterocycles. The Bertz CT molecular complexity index is 521. The van der Waals surface area contributed by atoms with E-state index in [1.54, 1.807) is 7.11 Å². The monoisotopic (exact) mass is 331 g/mol. The molecule has 0 radical (unpaired) electrons. The van der Waals surface area contributed by atoms with Crippen LogP contribution in [0.5, 0.6) is 0 Å².